The van der Waals surface area contributed by atoms with Crippen molar-refractivity contribution in [2.75, 3.05) is 42.6 Å². The molecule has 26 heavy (non-hydrogen) atoms. The van der Waals surface area contributed by atoms with Crippen molar-refractivity contribution in [3.8, 4) is 0 Å². The smallest absolute Gasteiger partial charge is 0.237 e. The number of hydrogen-bond acceptors (Lipinski definition) is 5. The van der Waals surface area contributed by atoms with Gasteiger partial charge in [-0.2, -0.15) is 0 Å². The number of aryl methyl sites for hydroxylation is 1. The predicted molar refractivity (Wildman–Crippen MR) is 104 cm³/mol. The average molecular weight is 380 g/mol. The third-order valence-electron chi connectivity index (χ3n) is 5.74. The topological polar surface area (TPSA) is 69.7 Å². The van der Waals surface area contributed by atoms with Crippen LogP contribution in [0.4, 0.5) is 5.69 Å². The number of carbonyl (C=O) groups excluding carboxylic acids is 1. The van der Waals surface area contributed by atoms with Gasteiger partial charge in [0.05, 0.1) is 17.5 Å². The van der Waals surface area contributed by atoms with E-state index in [-0.39, 0.29) is 29.5 Å². The Balaban J connectivity index is 1.54. The number of nitrogens with zero attached hydrogens (tertiary/aromatic N) is 2. The molecule has 2 aliphatic heterocycles. The minimum atomic E-state index is -2.97. The van der Waals surface area contributed by atoms with E-state index in [1.165, 1.54) is 16.8 Å². The molecule has 2 fully saturated rings. The Hall–Kier alpha value is -1.60. The SMILES string of the molecule is Cc1cccc(N2CCN([C@@H](C)C(=O)N[C@@H]3CCS(=O)(=O)C3)CC2)c1C. The average Bonchev–Trinajstić information content (AvgIpc) is 2.95. The molecule has 1 aromatic carbocycles. The predicted octanol–water partition coefficient (Wildman–Crippen LogP) is 1.12. The molecular formula is C19H29N3O3S. The van der Waals surface area contributed by atoms with Crippen molar-refractivity contribution in [3.63, 3.8) is 0 Å². The van der Waals surface area contributed by atoms with Gasteiger partial charge in [-0.05, 0) is 44.4 Å². The first-order valence-corrected chi connectivity index (χ1v) is 11.1. The van der Waals surface area contributed by atoms with Crippen LogP contribution in [-0.4, -0.2) is 69.0 Å². The van der Waals surface area contributed by atoms with Crippen LogP contribution in [0.1, 0.15) is 24.5 Å². The highest BCUT2D eigenvalue weighted by Crippen LogP contribution is 2.24. The second-order valence-corrected chi connectivity index (χ2v) is 9.76. The summed E-state index contributed by atoms with van der Waals surface area (Å²) < 4.78 is 23.1. The largest absolute Gasteiger partial charge is 0.369 e. The molecule has 1 aromatic rings. The van der Waals surface area contributed by atoms with Crippen LogP contribution in [0.3, 0.4) is 0 Å². The molecule has 1 N–H and O–H groups in total. The van der Waals surface area contributed by atoms with Crippen LogP contribution in [0.25, 0.3) is 0 Å². The van der Waals surface area contributed by atoms with Crippen molar-refractivity contribution in [2.45, 2.75) is 39.3 Å². The molecule has 2 saturated heterocycles. The molecule has 3 rings (SSSR count). The minimum Gasteiger partial charge on any atom is -0.369 e. The Morgan fingerprint density at radius 2 is 1.88 bits per heavy atom. The van der Waals surface area contributed by atoms with E-state index >= 15 is 0 Å². The highest BCUT2D eigenvalue weighted by atomic mass is 32.2. The number of anilines is 1. The number of carbonyl (C=O) groups is 1. The quantitative estimate of drug-likeness (QED) is 0.849. The summed E-state index contributed by atoms with van der Waals surface area (Å²) >= 11 is 0. The molecule has 144 valence electrons. The molecule has 0 radical (unpaired) electrons. The summed E-state index contributed by atoms with van der Waals surface area (Å²) in [7, 11) is -2.97. The van der Waals surface area contributed by atoms with Gasteiger partial charge < -0.3 is 10.2 Å². The lowest BCUT2D eigenvalue weighted by atomic mass is 10.1. The lowest BCUT2D eigenvalue weighted by Crippen LogP contribution is -2.55. The number of nitrogens with one attached hydrogen (secondary N) is 1. The van der Waals surface area contributed by atoms with Crippen molar-refractivity contribution in [3.05, 3.63) is 29.3 Å². The molecule has 0 bridgehead atoms. The van der Waals surface area contributed by atoms with Crippen molar-refractivity contribution >= 4 is 21.4 Å². The summed E-state index contributed by atoms with van der Waals surface area (Å²) in [6.45, 7) is 9.62. The number of sulfone groups is 1. The van der Waals surface area contributed by atoms with Crippen molar-refractivity contribution < 1.29 is 13.2 Å². The maximum Gasteiger partial charge on any atom is 0.237 e. The maximum atomic E-state index is 12.5. The van der Waals surface area contributed by atoms with Gasteiger partial charge in [0.2, 0.25) is 5.91 Å². The van der Waals surface area contributed by atoms with Gasteiger partial charge in [-0.25, -0.2) is 8.42 Å². The summed E-state index contributed by atoms with van der Waals surface area (Å²) in [4.78, 5) is 17.1. The van der Waals surface area contributed by atoms with Gasteiger partial charge in [-0.3, -0.25) is 9.69 Å². The molecule has 2 atom stereocenters. The van der Waals surface area contributed by atoms with E-state index in [1.807, 2.05) is 6.92 Å². The Kier molecular flexibility index (Phi) is 5.58. The second kappa shape index (κ2) is 7.56. The number of amides is 1. The Bertz CT molecular complexity index is 770. The van der Waals surface area contributed by atoms with Crippen LogP contribution in [0.15, 0.2) is 18.2 Å². The van der Waals surface area contributed by atoms with Gasteiger partial charge in [-0.1, -0.05) is 12.1 Å². The zero-order valence-electron chi connectivity index (χ0n) is 15.9. The molecule has 2 aliphatic rings. The van der Waals surface area contributed by atoms with E-state index < -0.39 is 9.84 Å². The molecular weight excluding hydrogens is 350 g/mol. The highest BCUT2D eigenvalue weighted by Gasteiger charge is 2.32. The van der Waals surface area contributed by atoms with E-state index in [0.29, 0.717) is 6.42 Å². The first-order chi connectivity index (χ1) is 12.3. The van der Waals surface area contributed by atoms with Crippen molar-refractivity contribution in [1.82, 2.24) is 10.2 Å². The van der Waals surface area contributed by atoms with Gasteiger partial charge in [0.1, 0.15) is 0 Å². The van der Waals surface area contributed by atoms with Crippen LogP contribution in [0.2, 0.25) is 0 Å². The molecule has 1 amide bonds. The summed E-state index contributed by atoms with van der Waals surface area (Å²) in [6.07, 6.45) is 0.529. The molecule has 7 heteroatoms. The molecule has 0 aliphatic carbocycles. The first kappa shape index (κ1) is 19.2. The summed E-state index contributed by atoms with van der Waals surface area (Å²) in [5.74, 6) is 0.194. The lowest BCUT2D eigenvalue weighted by Gasteiger charge is -2.39. The summed E-state index contributed by atoms with van der Waals surface area (Å²) in [5.41, 5.74) is 3.89. The van der Waals surface area contributed by atoms with Crippen molar-refractivity contribution in [1.29, 1.82) is 0 Å². The number of benzene rings is 1. The van der Waals surface area contributed by atoms with Crippen LogP contribution < -0.4 is 10.2 Å². The van der Waals surface area contributed by atoms with Crippen LogP contribution in [0, 0.1) is 13.8 Å². The first-order valence-electron chi connectivity index (χ1n) is 9.33. The molecule has 0 saturated carbocycles. The van der Waals surface area contributed by atoms with E-state index in [9.17, 15) is 13.2 Å². The van der Waals surface area contributed by atoms with Crippen LogP contribution >= 0.6 is 0 Å². The fourth-order valence-corrected chi connectivity index (χ4v) is 5.50. The fourth-order valence-electron chi connectivity index (χ4n) is 3.82. The van der Waals surface area contributed by atoms with E-state index in [4.69, 9.17) is 0 Å². The fraction of sp³-hybridized carbons (Fsp3) is 0.632. The monoisotopic (exact) mass is 379 g/mol. The maximum absolute atomic E-state index is 12.5. The zero-order valence-corrected chi connectivity index (χ0v) is 16.7. The van der Waals surface area contributed by atoms with Gasteiger partial charge in [0.25, 0.3) is 0 Å². The third-order valence-corrected chi connectivity index (χ3v) is 7.50. The third kappa shape index (κ3) is 4.20. The normalized spacial score (nSPS) is 24.4. The Morgan fingerprint density at radius 1 is 1.19 bits per heavy atom. The van der Waals surface area contributed by atoms with Gasteiger partial charge in [-0.15, -0.1) is 0 Å². The van der Waals surface area contributed by atoms with E-state index in [1.54, 1.807) is 0 Å². The lowest BCUT2D eigenvalue weighted by molar-refractivity contribution is -0.126. The summed E-state index contributed by atoms with van der Waals surface area (Å²) in [5, 5.41) is 2.92. The van der Waals surface area contributed by atoms with Crippen LogP contribution in [-0.2, 0) is 14.6 Å². The van der Waals surface area contributed by atoms with Gasteiger partial charge in [0.15, 0.2) is 9.84 Å². The molecule has 0 unspecified atom stereocenters. The number of rotatable bonds is 4. The van der Waals surface area contributed by atoms with Crippen molar-refractivity contribution in [2.24, 2.45) is 0 Å². The minimum absolute atomic E-state index is 0.0627. The standard InChI is InChI=1S/C19H29N3O3S/c1-14-5-4-6-18(15(14)2)22-10-8-21(9-11-22)16(3)19(23)20-17-7-12-26(24,25)13-17/h4-6,16-17H,7-13H2,1-3H3,(H,20,23)/t16-,17+/m0/s1. The van der Waals surface area contributed by atoms with Gasteiger partial charge in [0, 0.05) is 37.9 Å². The van der Waals surface area contributed by atoms with E-state index in [2.05, 4.69) is 47.2 Å². The highest BCUT2D eigenvalue weighted by molar-refractivity contribution is 7.91. The summed E-state index contributed by atoms with van der Waals surface area (Å²) in [6, 6.07) is 5.92. The molecule has 6 nitrogen and oxygen atoms in total. The number of piperazine rings is 1. The van der Waals surface area contributed by atoms with Gasteiger partial charge >= 0.3 is 0 Å². The zero-order chi connectivity index (χ0) is 18.9. The van der Waals surface area contributed by atoms with Crippen LogP contribution in [0.5, 0.6) is 0 Å². The molecule has 0 aromatic heterocycles. The molecule has 2 heterocycles. The van der Waals surface area contributed by atoms with E-state index in [0.717, 1.165) is 26.2 Å². The second-order valence-electron chi connectivity index (χ2n) is 7.53. The number of hydrogen-bond donors (Lipinski definition) is 1. The Labute approximate surface area is 156 Å². The molecule has 0 spiro atoms. The Morgan fingerprint density at radius 3 is 2.50 bits per heavy atom.